The van der Waals surface area contributed by atoms with Gasteiger partial charge in [0.2, 0.25) is 0 Å². The number of ether oxygens (including phenoxy) is 3. The van der Waals surface area contributed by atoms with E-state index in [4.69, 9.17) is 37.4 Å². The van der Waals surface area contributed by atoms with Gasteiger partial charge in [-0.15, -0.1) is 0 Å². The second-order valence-electron chi connectivity index (χ2n) is 8.31. The highest BCUT2D eigenvalue weighted by Crippen LogP contribution is 2.30. The van der Waals surface area contributed by atoms with Gasteiger partial charge in [-0.1, -0.05) is 65.7 Å². The Morgan fingerprint density at radius 3 is 2.28 bits per heavy atom. The summed E-state index contributed by atoms with van der Waals surface area (Å²) in [7, 11) is 1.44. The number of hydrogen-bond donors (Lipinski definition) is 1. The van der Waals surface area contributed by atoms with Gasteiger partial charge in [0, 0.05) is 5.02 Å². The first kappa shape index (κ1) is 27.7. The third-order valence-electron chi connectivity index (χ3n) is 5.57. The summed E-state index contributed by atoms with van der Waals surface area (Å²) in [6, 6.07) is 26.8. The molecule has 198 valence electrons. The lowest BCUT2D eigenvalue weighted by Gasteiger charge is -2.13. The molecule has 1 atom stereocenters. The number of benzene rings is 4. The summed E-state index contributed by atoms with van der Waals surface area (Å²) >= 11 is 12.0. The quantitative estimate of drug-likeness (QED) is 0.105. The number of hydrogen-bond acceptors (Lipinski definition) is 6. The number of nitrogens with one attached hydrogen (secondary N) is 1. The third kappa shape index (κ3) is 7.37. The highest BCUT2D eigenvalue weighted by atomic mass is 35.5. The Morgan fingerprint density at radius 1 is 0.872 bits per heavy atom. The van der Waals surface area contributed by atoms with Crippen LogP contribution in [0.25, 0.3) is 11.1 Å². The molecule has 0 saturated carbocycles. The summed E-state index contributed by atoms with van der Waals surface area (Å²) in [5.41, 5.74) is 5.37. The Labute approximate surface area is 235 Å². The molecule has 1 N–H and O–H groups in total. The first-order valence-corrected chi connectivity index (χ1v) is 12.6. The third-order valence-corrected chi connectivity index (χ3v) is 6.12. The zero-order valence-electron chi connectivity index (χ0n) is 21.1. The zero-order chi connectivity index (χ0) is 27.8. The van der Waals surface area contributed by atoms with Crippen LogP contribution in [0.1, 0.15) is 22.8 Å². The monoisotopic (exact) mass is 562 g/mol. The molecule has 39 heavy (non-hydrogen) atoms. The van der Waals surface area contributed by atoms with Gasteiger partial charge >= 0.3 is 5.97 Å². The second-order valence-corrected chi connectivity index (χ2v) is 9.15. The molecule has 9 heteroatoms. The van der Waals surface area contributed by atoms with Crippen LogP contribution in [0.4, 0.5) is 0 Å². The first-order chi connectivity index (χ1) is 18.8. The van der Waals surface area contributed by atoms with Crippen molar-refractivity contribution in [3.63, 3.8) is 0 Å². The molecule has 1 amide bonds. The largest absolute Gasteiger partial charge is 0.493 e. The number of halogens is 2. The number of carbonyl (C=O) groups excluding carboxylic acids is 2. The van der Waals surface area contributed by atoms with Crippen LogP contribution in [0.3, 0.4) is 0 Å². The zero-order valence-corrected chi connectivity index (χ0v) is 22.6. The molecule has 0 bridgehead atoms. The number of hydrazone groups is 1. The van der Waals surface area contributed by atoms with Gasteiger partial charge in [0.15, 0.2) is 17.6 Å². The Hall–Kier alpha value is -4.33. The smallest absolute Gasteiger partial charge is 0.345 e. The van der Waals surface area contributed by atoms with Crippen LogP contribution in [-0.4, -0.2) is 31.3 Å². The molecule has 0 aliphatic heterocycles. The lowest BCUT2D eigenvalue weighted by atomic mass is 10.1. The maximum absolute atomic E-state index is 12.5. The van der Waals surface area contributed by atoms with Crippen molar-refractivity contribution in [2.75, 3.05) is 7.11 Å². The molecule has 0 radical (unpaired) electrons. The molecule has 4 aromatic carbocycles. The Morgan fingerprint density at radius 2 is 1.59 bits per heavy atom. The predicted molar refractivity (Wildman–Crippen MR) is 152 cm³/mol. The number of esters is 1. The van der Waals surface area contributed by atoms with Crippen LogP contribution in [0, 0.1) is 0 Å². The van der Waals surface area contributed by atoms with E-state index in [1.165, 1.54) is 25.5 Å². The summed E-state index contributed by atoms with van der Waals surface area (Å²) in [4.78, 5) is 25.0. The number of amides is 1. The number of rotatable bonds is 9. The van der Waals surface area contributed by atoms with Gasteiger partial charge in [-0.05, 0) is 72.1 Å². The summed E-state index contributed by atoms with van der Waals surface area (Å²) in [6.07, 6.45) is 0.657. The van der Waals surface area contributed by atoms with Crippen LogP contribution in [0.15, 0.2) is 96.1 Å². The summed E-state index contributed by atoms with van der Waals surface area (Å²) in [5, 5.41) is 4.57. The van der Waals surface area contributed by atoms with Crippen molar-refractivity contribution in [1.29, 1.82) is 0 Å². The van der Waals surface area contributed by atoms with E-state index >= 15 is 0 Å². The van der Waals surface area contributed by atoms with Gasteiger partial charge in [-0.25, -0.2) is 10.2 Å². The van der Waals surface area contributed by atoms with Gasteiger partial charge in [0.05, 0.1) is 23.9 Å². The lowest BCUT2D eigenvalue weighted by molar-refractivity contribution is -0.127. The van der Waals surface area contributed by atoms with Crippen LogP contribution in [0.5, 0.6) is 17.2 Å². The van der Waals surface area contributed by atoms with Gasteiger partial charge < -0.3 is 14.2 Å². The lowest BCUT2D eigenvalue weighted by Crippen LogP contribution is -2.33. The summed E-state index contributed by atoms with van der Waals surface area (Å²) < 4.78 is 16.5. The molecule has 0 aliphatic carbocycles. The molecule has 0 saturated heterocycles. The standard InChI is InChI=1S/C30H24Cl2N2O5/c1-19(38-24-12-9-22(10-13-24)21-6-4-3-5-7-21)29(35)34-33-18-20-8-15-27(28(16-20)37-2)39-30(36)25-14-11-23(31)17-26(25)32/h3-19H,1-2H3,(H,34,35)/b33-18-/t19-/m0/s1. The van der Waals surface area contributed by atoms with E-state index in [9.17, 15) is 9.59 Å². The van der Waals surface area contributed by atoms with Crippen molar-refractivity contribution in [3.8, 4) is 28.4 Å². The fraction of sp³-hybridized carbons (Fsp3) is 0.100. The highest BCUT2D eigenvalue weighted by molar-refractivity contribution is 6.36. The Kier molecular flexibility index (Phi) is 9.20. The average molecular weight is 563 g/mol. The van der Waals surface area contributed by atoms with Gasteiger partial charge in [-0.2, -0.15) is 5.10 Å². The molecule has 4 rings (SSSR count). The molecular formula is C30H24Cl2N2O5. The average Bonchev–Trinajstić information content (AvgIpc) is 2.94. The van der Waals surface area contributed by atoms with Gasteiger partial charge in [-0.3, -0.25) is 4.79 Å². The first-order valence-electron chi connectivity index (χ1n) is 11.8. The minimum absolute atomic E-state index is 0.167. The maximum Gasteiger partial charge on any atom is 0.345 e. The Balaban J connectivity index is 1.33. The van der Waals surface area contributed by atoms with Crippen LogP contribution >= 0.6 is 23.2 Å². The number of methoxy groups -OCH3 is 1. The van der Waals surface area contributed by atoms with Crippen molar-refractivity contribution in [1.82, 2.24) is 5.43 Å². The molecular weight excluding hydrogens is 539 g/mol. The Bertz CT molecular complexity index is 1490. The van der Waals surface area contributed by atoms with Crippen molar-refractivity contribution < 1.29 is 23.8 Å². The van der Waals surface area contributed by atoms with E-state index in [1.807, 2.05) is 54.6 Å². The SMILES string of the molecule is COc1cc(/C=N\NC(=O)[C@H](C)Oc2ccc(-c3ccccc3)cc2)ccc1OC(=O)c1ccc(Cl)cc1Cl. The molecule has 4 aromatic rings. The molecule has 7 nitrogen and oxygen atoms in total. The topological polar surface area (TPSA) is 86.2 Å². The predicted octanol–water partition coefficient (Wildman–Crippen LogP) is 6.81. The summed E-state index contributed by atoms with van der Waals surface area (Å²) in [6.45, 7) is 1.63. The number of nitrogens with zero attached hydrogens (tertiary/aromatic N) is 1. The van der Waals surface area contributed by atoms with Crippen LogP contribution < -0.4 is 19.6 Å². The molecule has 0 spiro atoms. The van der Waals surface area contributed by atoms with E-state index in [-0.39, 0.29) is 16.3 Å². The number of carbonyl (C=O) groups is 2. The molecule has 0 heterocycles. The van der Waals surface area contributed by atoms with E-state index in [0.717, 1.165) is 11.1 Å². The van der Waals surface area contributed by atoms with Crippen molar-refractivity contribution in [2.24, 2.45) is 5.10 Å². The van der Waals surface area contributed by atoms with E-state index in [1.54, 1.807) is 31.2 Å². The summed E-state index contributed by atoms with van der Waals surface area (Å²) in [5.74, 6) is -0.0338. The van der Waals surface area contributed by atoms with Gasteiger partial charge in [0.25, 0.3) is 5.91 Å². The fourth-order valence-electron chi connectivity index (χ4n) is 3.53. The van der Waals surface area contributed by atoms with Gasteiger partial charge in [0.1, 0.15) is 5.75 Å². The van der Waals surface area contributed by atoms with E-state index in [2.05, 4.69) is 10.5 Å². The minimum Gasteiger partial charge on any atom is -0.493 e. The maximum atomic E-state index is 12.5. The van der Waals surface area contributed by atoms with Crippen molar-refractivity contribution in [2.45, 2.75) is 13.0 Å². The van der Waals surface area contributed by atoms with Crippen molar-refractivity contribution in [3.05, 3.63) is 112 Å². The molecule has 0 aromatic heterocycles. The van der Waals surface area contributed by atoms with Crippen molar-refractivity contribution >= 4 is 41.3 Å². The molecule has 0 aliphatic rings. The van der Waals surface area contributed by atoms with E-state index < -0.39 is 18.0 Å². The van der Waals surface area contributed by atoms with Crippen LogP contribution in [0.2, 0.25) is 10.0 Å². The molecule has 0 fully saturated rings. The van der Waals surface area contributed by atoms with Crippen LogP contribution in [-0.2, 0) is 4.79 Å². The fourth-order valence-corrected chi connectivity index (χ4v) is 4.02. The normalized spacial score (nSPS) is 11.6. The molecule has 0 unspecified atom stereocenters. The van der Waals surface area contributed by atoms with E-state index in [0.29, 0.717) is 22.1 Å². The highest BCUT2D eigenvalue weighted by Gasteiger charge is 2.17. The second kappa shape index (κ2) is 13.0. The minimum atomic E-state index is -0.777.